The Morgan fingerprint density at radius 2 is 2.05 bits per heavy atom. The van der Waals surface area contributed by atoms with Gasteiger partial charge in [0.15, 0.2) is 12.0 Å². The van der Waals surface area contributed by atoms with Crippen LogP contribution in [0, 0.1) is 6.57 Å². The van der Waals surface area contributed by atoms with E-state index >= 15 is 0 Å². The molecule has 2 aliphatic rings. The van der Waals surface area contributed by atoms with Gasteiger partial charge in [-0.25, -0.2) is 4.85 Å². The number of aliphatic hydroxyl groups excluding tert-OH is 1. The van der Waals surface area contributed by atoms with Crippen LogP contribution in [0.5, 0.6) is 5.88 Å². The molecule has 5 heterocycles. The number of fused-ring (bicyclic) bond motifs is 3. The molecule has 0 amide bonds. The van der Waals surface area contributed by atoms with Gasteiger partial charge in [0.1, 0.15) is 18.3 Å². The van der Waals surface area contributed by atoms with Gasteiger partial charge in [-0.1, -0.05) is 17.7 Å². The van der Waals surface area contributed by atoms with E-state index in [0.29, 0.717) is 16.6 Å². The average molecular weight is 547 g/mol. The maximum Gasteiger partial charge on any atom is 0.454 e. The van der Waals surface area contributed by atoms with Crippen molar-refractivity contribution in [3.8, 4) is 17.1 Å². The van der Waals surface area contributed by atoms with E-state index in [4.69, 9.17) is 32.4 Å². The molecule has 4 atom stereocenters. The molecule has 196 valence electrons. The number of aliphatic hydroxyl groups is 1. The molecular weight excluding hydrogens is 529 g/mol. The van der Waals surface area contributed by atoms with Gasteiger partial charge in [0.05, 0.1) is 47.1 Å². The molecule has 4 aromatic rings. The van der Waals surface area contributed by atoms with Gasteiger partial charge in [-0.2, -0.15) is 13.2 Å². The van der Waals surface area contributed by atoms with E-state index in [1.165, 1.54) is 10.6 Å². The van der Waals surface area contributed by atoms with Crippen molar-refractivity contribution in [1.29, 1.82) is 0 Å². The van der Waals surface area contributed by atoms with E-state index in [9.17, 15) is 23.1 Å². The summed E-state index contributed by atoms with van der Waals surface area (Å²) in [7, 11) is 1.55. The lowest BCUT2D eigenvalue weighted by Gasteiger charge is -2.17. The SMILES string of the molecule is [C-]#[N+]c1c(O[C@@H]2CO[C@H]3[C@@H]2OC[C@H]3O)[nH]c2cc(Cl)c(-c3ccc4c(c3)c(C(=O)C(F)(F)F)cn4C)nc12. The first-order valence-corrected chi connectivity index (χ1v) is 11.8. The number of alkyl halides is 3. The highest BCUT2D eigenvalue weighted by Gasteiger charge is 2.48. The molecule has 2 aliphatic heterocycles. The third kappa shape index (κ3) is 3.82. The van der Waals surface area contributed by atoms with E-state index in [1.807, 2.05) is 0 Å². The summed E-state index contributed by atoms with van der Waals surface area (Å²) in [5.74, 6) is -1.82. The number of aryl methyl sites for hydroxylation is 1. The van der Waals surface area contributed by atoms with Crippen LogP contribution in [0.1, 0.15) is 10.4 Å². The summed E-state index contributed by atoms with van der Waals surface area (Å²) in [6.07, 6.45) is -6.22. The summed E-state index contributed by atoms with van der Waals surface area (Å²) in [5.41, 5.74) is 1.27. The summed E-state index contributed by atoms with van der Waals surface area (Å²) >= 11 is 6.51. The number of benzene rings is 1. The van der Waals surface area contributed by atoms with Crippen molar-refractivity contribution < 1.29 is 37.3 Å². The Labute approximate surface area is 217 Å². The number of aromatic amines is 1. The predicted octanol–water partition coefficient (Wildman–Crippen LogP) is 4.58. The van der Waals surface area contributed by atoms with Gasteiger partial charge in [0.2, 0.25) is 0 Å². The zero-order valence-electron chi connectivity index (χ0n) is 19.5. The highest BCUT2D eigenvalue weighted by Crippen LogP contribution is 2.41. The number of nitrogens with one attached hydrogen (secondary N) is 1. The number of ketones is 1. The summed E-state index contributed by atoms with van der Waals surface area (Å²) in [6.45, 7) is 8.00. The normalized spacial score (nSPS) is 23.2. The number of Topliss-reactive ketones (excluding diaryl/α,β-unsaturated/α-hetero) is 1. The Balaban J connectivity index is 1.41. The van der Waals surface area contributed by atoms with Crippen LogP contribution < -0.4 is 4.74 Å². The quantitative estimate of drug-likeness (QED) is 0.287. The number of aromatic nitrogens is 3. The van der Waals surface area contributed by atoms with Crippen molar-refractivity contribution in [2.45, 2.75) is 30.6 Å². The fourth-order valence-electron chi connectivity index (χ4n) is 5.01. The maximum absolute atomic E-state index is 13.2. The lowest BCUT2D eigenvalue weighted by atomic mass is 10.0. The van der Waals surface area contributed by atoms with Crippen LogP contribution in [0.4, 0.5) is 18.9 Å². The summed E-state index contributed by atoms with van der Waals surface area (Å²) in [4.78, 5) is 23.2. The number of H-pyrrole nitrogens is 1. The van der Waals surface area contributed by atoms with Gasteiger partial charge in [-0.3, -0.25) is 9.78 Å². The van der Waals surface area contributed by atoms with Crippen LogP contribution in [0.15, 0.2) is 30.5 Å². The number of hydrogen-bond donors (Lipinski definition) is 2. The zero-order chi connectivity index (χ0) is 26.9. The highest BCUT2D eigenvalue weighted by molar-refractivity contribution is 6.34. The molecule has 13 heteroatoms. The molecule has 2 saturated heterocycles. The van der Waals surface area contributed by atoms with E-state index in [0.717, 1.165) is 6.20 Å². The van der Waals surface area contributed by atoms with Gasteiger partial charge < -0.3 is 28.9 Å². The minimum atomic E-state index is -5.03. The van der Waals surface area contributed by atoms with E-state index in [1.54, 1.807) is 25.2 Å². The number of hydrogen-bond acceptors (Lipinski definition) is 6. The van der Waals surface area contributed by atoms with Crippen molar-refractivity contribution in [3.05, 3.63) is 52.5 Å². The molecule has 0 aliphatic carbocycles. The summed E-state index contributed by atoms with van der Waals surface area (Å²) in [6, 6.07) is 6.18. The molecule has 1 aromatic carbocycles. The first kappa shape index (κ1) is 24.7. The molecule has 0 spiro atoms. The van der Waals surface area contributed by atoms with Gasteiger partial charge in [0.25, 0.3) is 11.5 Å². The molecule has 2 N–H and O–H groups in total. The Bertz CT molecular complexity index is 1660. The summed E-state index contributed by atoms with van der Waals surface area (Å²) in [5, 5.41) is 10.2. The predicted molar refractivity (Wildman–Crippen MR) is 130 cm³/mol. The molecule has 2 fully saturated rings. The van der Waals surface area contributed by atoms with Crippen molar-refractivity contribution in [2.24, 2.45) is 7.05 Å². The van der Waals surface area contributed by atoms with E-state index in [-0.39, 0.29) is 46.4 Å². The molecule has 9 nitrogen and oxygen atoms in total. The molecule has 0 bridgehead atoms. The lowest BCUT2D eigenvalue weighted by molar-refractivity contribution is -0.0884. The van der Waals surface area contributed by atoms with E-state index < -0.39 is 41.9 Å². The number of halogens is 4. The van der Waals surface area contributed by atoms with Crippen molar-refractivity contribution in [1.82, 2.24) is 14.5 Å². The molecular formula is C25H18ClF3N4O5. The second-order valence-electron chi connectivity index (χ2n) is 9.16. The number of carbonyl (C=O) groups excluding carboxylic acids is 1. The highest BCUT2D eigenvalue weighted by atomic mass is 35.5. The minimum absolute atomic E-state index is 0.0774. The smallest absolute Gasteiger partial charge is 0.454 e. The first-order chi connectivity index (χ1) is 18.1. The molecule has 0 radical (unpaired) electrons. The van der Waals surface area contributed by atoms with Crippen LogP contribution in [-0.2, 0) is 16.5 Å². The van der Waals surface area contributed by atoms with Gasteiger partial charge in [-0.15, -0.1) is 0 Å². The van der Waals surface area contributed by atoms with Crippen molar-refractivity contribution in [2.75, 3.05) is 13.2 Å². The molecule has 38 heavy (non-hydrogen) atoms. The fraction of sp³-hybridized carbons (Fsp3) is 0.320. The third-order valence-corrected chi connectivity index (χ3v) is 7.08. The standard InChI is InChI=1S/C25H18ClF3N4O5/c1-30-20-19-14(31-24(20)38-17-9-37-21-16(34)8-36-22(17)21)6-13(26)18(32-19)10-3-4-15-11(5-10)12(7-33(15)2)23(35)25(27,28)29/h3-7,16-17,21-22,31,34H,8-9H2,2H3/t16-,17-,21-,22-/m1/s1. The maximum atomic E-state index is 13.2. The van der Waals surface area contributed by atoms with Gasteiger partial charge >= 0.3 is 6.18 Å². The average Bonchev–Trinajstić information content (AvgIpc) is 3.61. The second kappa shape index (κ2) is 8.71. The van der Waals surface area contributed by atoms with Gasteiger partial charge in [-0.05, 0) is 18.2 Å². The largest absolute Gasteiger partial charge is 0.479 e. The number of rotatable bonds is 4. The third-order valence-electron chi connectivity index (χ3n) is 6.79. The van der Waals surface area contributed by atoms with Crippen LogP contribution in [0.3, 0.4) is 0 Å². The van der Waals surface area contributed by atoms with Crippen LogP contribution in [-0.4, -0.2) is 69.2 Å². The Morgan fingerprint density at radius 1 is 1.29 bits per heavy atom. The zero-order valence-corrected chi connectivity index (χ0v) is 20.3. The number of nitrogens with zero attached hydrogens (tertiary/aromatic N) is 3. The number of pyridine rings is 1. The van der Waals surface area contributed by atoms with E-state index in [2.05, 4.69) is 14.8 Å². The molecule has 3 aromatic heterocycles. The first-order valence-electron chi connectivity index (χ1n) is 11.5. The lowest BCUT2D eigenvalue weighted by Crippen LogP contribution is -2.34. The molecule has 6 rings (SSSR count). The monoisotopic (exact) mass is 546 g/mol. The fourth-order valence-corrected chi connectivity index (χ4v) is 5.28. The topological polar surface area (TPSA) is 103 Å². The Hall–Kier alpha value is -3.63. The minimum Gasteiger partial charge on any atom is -0.479 e. The summed E-state index contributed by atoms with van der Waals surface area (Å²) < 4.78 is 58.2. The van der Waals surface area contributed by atoms with Gasteiger partial charge in [0, 0.05) is 29.7 Å². The van der Waals surface area contributed by atoms with Crippen molar-refractivity contribution >= 4 is 45.0 Å². The van der Waals surface area contributed by atoms with Crippen LogP contribution in [0.2, 0.25) is 5.02 Å². The van der Waals surface area contributed by atoms with Crippen molar-refractivity contribution in [3.63, 3.8) is 0 Å². The Kier molecular flexibility index (Phi) is 5.66. The van der Waals surface area contributed by atoms with Crippen LogP contribution >= 0.6 is 11.6 Å². The van der Waals surface area contributed by atoms with Crippen LogP contribution in [0.25, 0.3) is 38.0 Å². The Morgan fingerprint density at radius 3 is 2.79 bits per heavy atom. The molecule has 0 unspecified atom stereocenters. The number of carbonyl (C=O) groups is 1. The number of ether oxygens (including phenoxy) is 3. The molecule has 0 saturated carbocycles. The second-order valence-corrected chi connectivity index (χ2v) is 9.57.